The first-order chi connectivity index (χ1) is 7.71. The summed E-state index contributed by atoms with van der Waals surface area (Å²) in [5.41, 5.74) is -0.144. The molecule has 17 heavy (non-hydrogen) atoms. The van der Waals surface area contributed by atoms with Gasteiger partial charge < -0.3 is 10.2 Å². The molecule has 0 unspecified atom stereocenters. The fourth-order valence-electron chi connectivity index (χ4n) is 2.19. The van der Waals surface area contributed by atoms with Crippen LogP contribution in [0, 0.1) is 5.92 Å². The van der Waals surface area contributed by atoms with Gasteiger partial charge in [0.25, 0.3) is 0 Å². The summed E-state index contributed by atoms with van der Waals surface area (Å²) in [6, 6.07) is 0. The minimum absolute atomic E-state index is 0.0930. The Bertz CT molecular complexity index is 305. The third-order valence-corrected chi connectivity index (χ3v) is 3.59. The van der Waals surface area contributed by atoms with Crippen LogP contribution in [0.25, 0.3) is 0 Å². The van der Waals surface area contributed by atoms with Crippen molar-refractivity contribution in [3.05, 3.63) is 23.8 Å². The van der Waals surface area contributed by atoms with E-state index in [9.17, 15) is 10.2 Å². The largest absolute Gasteiger partial charge is 0.390 e. The molecule has 0 saturated heterocycles. The number of rotatable bonds is 1. The van der Waals surface area contributed by atoms with Crippen molar-refractivity contribution >= 4 is 0 Å². The zero-order valence-corrected chi connectivity index (χ0v) is 11.5. The highest BCUT2D eigenvalue weighted by Crippen LogP contribution is 2.28. The molecule has 98 valence electrons. The minimum atomic E-state index is -0.766. The van der Waals surface area contributed by atoms with Crippen molar-refractivity contribution in [3.8, 4) is 0 Å². The lowest BCUT2D eigenvalue weighted by Crippen LogP contribution is -2.31. The second kappa shape index (κ2) is 5.36. The van der Waals surface area contributed by atoms with Crippen molar-refractivity contribution in [1.82, 2.24) is 0 Å². The van der Waals surface area contributed by atoms with Gasteiger partial charge in [-0.2, -0.15) is 0 Å². The summed E-state index contributed by atoms with van der Waals surface area (Å²) >= 11 is 0. The van der Waals surface area contributed by atoms with Gasteiger partial charge in [-0.3, -0.25) is 0 Å². The summed E-state index contributed by atoms with van der Waals surface area (Å²) < 4.78 is 0. The van der Waals surface area contributed by atoms with Crippen molar-refractivity contribution in [2.45, 2.75) is 64.6 Å². The van der Waals surface area contributed by atoms with Crippen LogP contribution >= 0.6 is 0 Å². The third kappa shape index (κ3) is 5.05. The summed E-state index contributed by atoms with van der Waals surface area (Å²) in [4.78, 5) is 0. The topological polar surface area (TPSA) is 40.5 Å². The first kappa shape index (κ1) is 14.5. The van der Waals surface area contributed by atoms with Gasteiger partial charge in [0.15, 0.2) is 0 Å². The van der Waals surface area contributed by atoms with Crippen LogP contribution in [0.3, 0.4) is 0 Å². The van der Waals surface area contributed by atoms with Gasteiger partial charge in [0, 0.05) is 5.92 Å². The number of aliphatic hydroxyl groups is 2. The van der Waals surface area contributed by atoms with Crippen molar-refractivity contribution in [1.29, 1.82) is 0 Å². The predicted octanol–water partition coefficient (Wildman–Crippen LogP) is 3.20. The van der Waals surface area contributed by atoms with E-state index in [4.69, 9.17) is 0 Å². The zero-order valence-electron chi connectivity index (χ0n) is 11.5. The molecule has 0 amide bonds. The average molecular weight is 238 g/mol. The first-order valence-electron chi connectivity index (χ1n) is 6.50. The van der Waals surface area contributed by atoms with Crippen LogP contribution in [0.1, 0.15) is 53.4 Å². The maximum Gasteiger partial charge on any atom is 0.0802 e. The molecule has 0 spiro atoms. The van der Waals surface area contributed by atoms with Crippen LogP contribution in [-0.2, 0) is 0 Å². The van der Waals surface area contributed by atoms with E-state index in [-0.39, 0.29) is 5.92 Å². The highest BCUT2D eigenvalue weighted by atomic mass is 16.3. The van der Waals surface area contributed by atoms with Crippen LogP contribution in [0.15, 0.2) is 23.8 Å². The zero-order chi connectivity index (χ0) is 13.1. The molecule has 2 nitrogen and oxygen atoms in total. The molecule has 0 saturated carbocycles. The van der Waals surface area contributed by atoms with Gasteiger partial charge in [-0.1, -0.05) is 23.8 Å². The SMILES string of the molecule is C/C1=C\CC[C@@](C)(O)/C=C/[C@H](C(C)(C)O)CC1. The Balaban J connectivity index is 2.88. The van der Waals surface area contributed by atoms with Gasteiger partial charge in [-0.05, 0) is 53.4 Å². The second-order valence-electron chi connectivity index (χ2n) is 6.10. The van der Waals surface area contributed by atoms with Gasteiger partial charge in [-0.25, -0.2) is 0 Å². The highest BCUT2D eigenvalue weighted by molar-refractivity contribution is 5.09. The summed E-state index contributed by atoms with van der Waals surface area (Å²) in [7, 11) is 0. The number of hydrogen-bond acceptors (Lipinski definition) is 2. The Kier molecular flexibility index (Phi) is 4.56. The standard InChI is InChI=1S/C15H26O2/c1-12-6-5-10-15(4,17)11-9-13(8-7-12)14(2,3)16/h6,9,11,13,16-17H,5,7-8,10H2,1-4H3/b11-9+,12-6+/t13-,15-/m1/s1. The van der Waals surface area contributed by atoms with Crippen molar-refractivity contribution in [2.24, 2.45) is 5.92 Å². The lowest BCUT2D eigenvalue weighted by molar-refractivity contribution is 0.0321. The molecule has 0 heterocycles. The van der Waals surface area contributed by atoms with Crippen LogP contribution in [0.2, 0.25) is 0 Å². The molecule has 2 N–H and O–H groups in total. The van der Waals surface area contributed by atoms with Crippen molar-refractivity contribution < 1.29 is 10.2 Å². The molecule has 0 radical (unpaired) electrons. The van der Waals surface area contributed by atoms with E-state index in [1.165, 1.54) is 5.57 Å². The molecule has 0 aromatic heterocycles. The van der Waals surface area contributed by atoms with Crippen molar-refractivity contribution in [3.63, 3.8) is 0 Å². The van der Waals surface area contributed by atoms with Crippen LogP contribution in [0.5, 0.6) is 0 Å². The number of allylic oxidation sites excluding steroid dienone is 2. The molecule has 2 atom stereocenters. The van der Waals surface area contributed by atoms with Crippen LogP contribution in [-0.4, -0.2) is 21.4 Å². The van der Waals surface area contributed by atoms with Gasteiger partial charge in [-0.15, -0.1) is 0 Å². The summed E-state index contributed by atoms with van der Waals surface area (Å²) in [5.74, 6) is 0.0930. The van der Waals surface area contributed by atoms with E-state index in [2.05, 4.69) is 13.0 Å². The molecule has 1 aliphatic carbocycles. The fourth-order valence-corrected chi connectivity index (χ4v) is 2.19. The van der Waals surface area contributed by atoms with E-state index in [1.54, 1.807) is 0 Å². The Hall–Kier alpha value is -0.600. The molecular formula is C15H26O2. The molecule has 1 aliphatic rings. The summed E-state index contributed by atoms with van der Waals surface area (Å²) in [5, 5.41) is 20.3. The van der Waals surface area contributed by atoms with E-state index >= 15 is 0 Å². The fraction of sp³-hybridized carbons (Fsp3) is 0.733. The second-order valence-corrected chi connectivity index (χ2v) is 6.10. The predicted molar refractivity (Wildman–Crippen MR) is 71.8 cm³/mol. The Morgan fingerprint density at radius 3 is 2.65 bits per heavy atom. The van der Waals surface area contributed by atoms with Gasteiger partial charge >= 0.3 is 0 Å². The Morgan fingerprint density at radius 1 is 1.41 bits per heavy atom. The van der Waals surface area contributed by atoms with Crippen molar-refractivity contribution in [2.75, 3.05) is 0 Å². The maximum absolute atomic E-state index is 10.2. The highest BCUT2D eigenvalue weighted by Gasteiger charge is 2.26. The molecule has 0 fully saturated rings. The lowest BCUT2D eigenvalue weighted by atomic mass is 9.83. The smallest absolute Gasteiger partial charge is 0.0802 e. The quantitative estimate of drug-likeness (QED) is 0.689. The molecule has 1 rings (SSSR count). The molecule has 0 aliphatic heterocycles. The molecule has 2 heteroatoms. The minimum Gasteiger partial charge on any atom is -0.390 e. The monoisotopic (exact) mass is 238 g/mol. The summed E-state index contributed by atoms with van der Waals surface area (Å²) in [6.07, 6.45) is 9.63. The molecule has 0 bridgehead atoms. The lowest BCUT2D eigenvalue weighted by Gasteiger charge is -2.29. The van der Waals surface area contributed by atoms with E-state index in [1.807, 2.05) is 32.9 Å². The maximum atomic E-state index is 10.2. The van der Waals surface area contributed by atoms with Gasteiger partial charge in [0.2, 0.25) is 0 Å². The van der Waals surface area contributed by atoms with E-state index in [0.29, 0.717) is 0 Å². The molecular weight excluding hydrogens is 212 g/mol. The molecule has 0 aromatic carbocycles. The summed E-state index contributed by atoms with van der Waals surface area (Å²) in [6.45, 7) is 7.63. The van der Waals surface area contributed by atoms with Crippen LogP contribution in [0.4, 0.5) is 0 Å². The van der Waals surface area contributed by atoms with Crippen LogP contribution < -0.4 is 0 Å². The normalized spacial score (nSPS) is 37.1. The molecule has 0 aromatic rings. The Labute approximate surface area is 105 Å². The van der Waals surface area contributed by atoms with E-state index in [0.717, 1.165) is 25.7 Å². The average Bonchev–Trinajstić information content (AvgIpc) is 2.14. The van der Waals surface area contributed by atoms with E-state index < -0.39 is 11.2 Å². The Morgan fingerprint density at radius 2 is 2.06 bits per heavy atom. The van der Waals surface area contributed by atoms with Gasteiger partial charge in [0.05, 0.1) is 11.2 Å². The first-order valence-corrected chi connectivity index (χ1v) is 6.50. The third-order valence-electron chi connectivity index (χ3n) is 3.59. The van der Waals surface area contributed by atoms with Gasteiger partial charge in [0.1, 0.15) is 0 Å². The number of hydrogen-bond donors (Lipinski definition) is 2.